The highest BCUT2D eigenvalue weighted by Crippen LogP contribution is 2.29. The number of halogens is 1. The maximum absolute atomic E-state index is 12.0. The van der Waals surface area contributed by atoms with Gasteiger partial charge in [-0.25, -0.2) is 4.98 Å². The third-order valence-electron chi connectivity index (χ3n) is 3.84. The molecule has 0 spiro atoms. The fourth-order valence-electron chi connectivity index (χ4n) is 2.40. The second kappa shape index (κ2) is 8.41. The molecule has 0 fully saturated rings. The lowest BCUT2D eigenvalue weighted by Gasteiger charge is -2.04. The molecule has 0 bridgehead atoms. The fraction of sp³-hybridized carbons (Fsp3) is 0.200. The molecule has 1 N–H and O–H groups in total. The van der Waals surface area contributed by atoms with Crippen LogP contribution < -0.4 is 5.32 Å². The molecule has 0 aliphatic carbocycles. The zero-order chi connectivity index (χ0) is 17.6. The first-order valence-corrected chi connectivity index (χ1v) is 10.1. The molecule has 3 nitrogen and oxygen atoms in total. The Labute approximate surface area is 160 Å². The lowest BCUT2D eigenvalue weighted by atomic mass is 10.1. The Bertz CT molecular complexity index is 841. The predicted octanol–water partition coefficient (Wildman–Crippen LogP) is 5.30. The highest BCUT2D eigenvalue weighted by Gasteiger charge is 2.09. The van der Waals surface area contributed by atoms with Crippen LogP contribution in [0.2, 0.25) is 0 Å². The van der Waals surface area contributed by atoms with Crippen molar-refractivity contribution >= 4 is 33.2 Å². The Balaban J connectivity index is 1.72. The van der Waals surface area contributed by atoms with Crippen LogP contribution in [0.3, 0.4) is 0 Å². The first-order chi connectivity index (χ1) is 12.2. The van der Waals surface area contributed by atoms with Crippen LogP contribution in [0.4, 0.5) is 0 Å². The Kier molecular flexibility index (Phi) is 6.00. The summed E-state index contributed by atoms with van der Waals surface area (Å²) in [6.07, 6.45) is 0.921. The number of carbonyl (C=O) groups is 1. The normalized spacial score (nSPS) is 10.6. The van der Waals surface area contributed by atoms with E-state index < -0.39 is 0 Å². The second-order valence-corrected chi connectivity index (χ2v) is 7.43. The molecule has 1 heterocycles. The minimum atomic E-state index is -0.0360. The number of carbonyl (C=O) groups excluding carboxylic acids is 1. The Morgan fingerprint density at radius 1 is 1.08 bits per heavy atom. The van der Waals surface area contributed by atoms with E-state index in [1.807, 2.05) is 24.3 Å². The average molecular weight is 415 g/mol. The largest absolute Gasteiger partial charge is 0.352 e. The molecule has 0 saturated carbocycles. The highest BCUT2D eigenvalue weighted by molar-refractivity contribution is 9.09. The summed E-state index contributed by atoms with van der Waals surface area (Å²) in [5, 5.41) is 6.86. The summed E-state index contributed by atoms with van der Waals surface area (Å²) >= 11 is 4.99. The SMILES string of the molecule is Cc1ccc(-c2nc(-c3ccc(C(=O)NCCCBr)cc3)cs2)cc1. The molecule has 0 saturated heterocycles. The van der Waals surface area contributed by atoms with E-state index in [2.05, 4.69) is 57.8 Å². The van der Waals surface area contributed by atoms with E-state index in [-0.39, 0.29) is 5.91 Å². The predicted molar refractivity (Wildman–Crippen MR) is 108 cm³/mol. The summed E-state index contributed by atoms with van der Waals surface area (Å²) in [6, 6.07) is 16.0. The van der Waals surface area contributed by atoms with Crippen molar-refractivity contribution in [1.82, 2.24) is 10.3 Å². The standard InChI is InChI=1S/C20H19BrN2OS/c1-14-3-5-17(6-4-14)20-23-18(13-25-20)15-7-9-16(10-8-15)19(24)22-12-2-11-21/h3-10,13H,2,11-12H2,1H3,(H,22,24). The molecule has 2 aromatic carbocycles. The third-order valence-corrected chi connectivity index (χ3v) is 5.29. The van der Waals surface area contributed by atoms with E-state index in [1.54, 1.807) is 11.3 Å². The van der Waals surface area contributed by atoms with Crippen molar-refractivity contribution in [3.05, 3.63) is 65.0 Å². The molecule has 0 atom stereocenters. The average Bonchev–Trinajstić information content (AvgIpc) is 3.13. The number of aryl methyl sites for hydroxylation is 1. The Morgan fingerprint density at radius 3 is 2.44 bits per heavy atom. The van der Waals surface area contributed by atoms with Gasteiger partial charge in [0.2, 0.25) is 0 Å². The minimum Gasteiger partial charge on any atom is -0.352 e. The smallest absolute Gasteiger partial charge is 0.251 e. The Morgan fingerprint density at radius 2 is 1.76 bits per heavy atom. The van der Waals surface area contributed by atoms with Crippen LogP contribution in [0.15, 0.2) is 53.9 Å². The summed E-state index contributed by atoms with van der Waals surface area (Å²) in [5.41, 5.74) is 5.00. The van der Waals surface area contributed by atoms with E-state index in [4.69, 9.17) is 4.98 Å². The van der Waals surface area contributed by atoms with Gasteiger partial charge in [0.25, 0.3) is 5.91 Å². The topological polar surface area (TPSA) is 42.0 Å². The number of alkyl halides is 1. The van der Waals surface area contributed by atoms with Gasteiger partial charge in [-0.15, -0.1) is 11.3 Å². The highest BCUT2D eigenvalue weighted by atomic mass is 79.9. The van der Waals surface area contributed by atoms with Crippen molar-refractivity contribution in [2.75, 3.05) is 11.9 Å². The van der Waals surface area contributed by atoms with E-state index in [1.165, 1.54) is 5.56 Å². The molecule has 128 valence electrons. The van der Waals surface area contributed by atoms with Crippen LogP contribution in [0, 0.1) is 6.92 Å². The van der Waals surface area contributed by atoms with Gasteiger partial charge in [-0.2, -0.15) is 0 Å². The number of hydrogen-bond acceptors (Lipinski definition) is 3. The molecule has 3 rings (SSSR count). The van der Waals surface area contributed by atoms with Crippen molar-refractivity contribution < 1.29 is 4.79 Å². The summed E-state index contributed by atoms with van der Waals surface area (Å²) < 4.78 is 0. The van der Waals surface area contributed by atoms with Crippen molar-refractivity contribution in [3.63, 3.8) is 0 Å². The number of thiazole rings is 1. The summed E-state index contributed by atoms with van der Waals surface area (Å²) in [5.74, 6) is -0.0360. The number of nitrogens with one attached hydrogen (secondary N) is 1. The number of rotatable bonds is 6. The first-order valence-electron chi connectivity index (χ1n) is 8.14. The summed E-state index contributed by atoms with van der Waals surface area (Å²) in [7, 11) is 0. The van der Waals surface area contributed by atoms with Gasteiger partial charge >= 0.3 is 0 Å². The maximum Gasteiger partial charge on any atom is 0.251 e. The molecule has 0 radical (unpaired) electrons. The summed E-state index contributed by atoms with van der Waals surface area (Å²) in [6.45, 7) is 2.76. The van der Waals surface area contributed by atoms with Gasteiger partial charge in [0.05, 0.1) is 5.69 Å². The van der Waals surface area contributed by atoms with E-state index >= 15 is 0 Å². The molecular weight excluding hydrogens is 396 g/mol. The van der Waals surface area contributed by atoms with Crippen LogP contribution in [-0.4, -0.2) is 22.8 Å². The molecule has 3 aromatic rings. The zero-order valence-electron chi connectivity index (χ0n) is 14.0. The van der Waals surface area contributed by atoms with E-state index in [9.17, 15) is 4.79 Å². The number of hydrogen-bond donors (Lipinski definition) is 1. The molecule has 0 aliphatic rings. The van der Waals surface area contributed by atoms with Crippen molar-refractivity contribution in [1.29, 1.82) is 0 Å². The molecule has 0 unspecified atom stereocenters. The number of amides is 1. The summed E-state index contributed by atoms with van der Waals surface area (Å²) in [4.78, 5) is 16.8. The molecule has 1 aromatic heterocycles. The van der Waals surface area contributed by atoms with Gasteiger partial charge < -0.3 is 5.32 Å². The van der Waals surface area contributed by atoms with Crippen molar-refractivity contribution in [2.24, 2.45) is 0 Å². The number of nitrogens with zero attached hydrogens (tertiary/aromatic N) is 1. The maximum atomic E-state index is 12.0. The monoisotopic (exact) mass is 414 g/mol. The molecule has 0 aliphatic heterocycles. The quantitative estimate of drug-likeness (QED) is 0.439. The lowest BCUT2D eigenvalue weighted by molar-refractivity contribution is 0.0954. The molecule has 1 amide bonds. The van der Waals surface area contributed by atoms with Gasteiger partial charge in [0, 0.05) is 33.9 Å². The van der Waals surface area contributed by atoms with Crippen LogP contribution >= 0.6 is 27.3 Å². The van der Waals surface area contributed by atoms with Gasteiger partial charge in [-0.1, -0.05) is 57.9 Å². The van der Waals surface area contributed by atoms with Crippen LogP contribution in [0.25, 0.3) is 21.8 Å². The molecule has 5 heteroatoms. The lowest BCUT2D eigenvalue weighted by Crippen LogP contribution is -2.24. The van der Waals surface area contributed by atoms with Crippen LogP contribution in [0.1, 0.15) is 22.3 Å². The van der Waals surface area contributed by atoms with Gasteiger partial charge in [0.1, 0.15) is 5.01 Å². The number of aromatic nitrogens is 1. The van der Waals surface area contributed by atoms with E-state index in [0.29, 0.717) is 12.1 Å². The number of benzene rings is 2. The minimum absolute atomic E-state index is 0.0360. The van der Waals surface area contributed by atoms with Gasteiger partial charge in [-0.05, 0) is 25.5 Å². The van der Waals surface area contributed by atoms with Crippen LogP contribution in [0.5, 0.6) is 0 Å². The van der Waals surface area contributed by atoms with Gasteiger partial charge in [-0.3, -0.25) is 4.79 Å². The molecule has 25 heavy (non-hydrogen) atoms. The molecular formula is C20H19BrN2OS. The fourth-order valence-corrected chi connectivity index (χ4v) is 3.51. The van der Waals surface area contributed by atoms with Gasteiger partial charge in [0.15, 0.2) is 0 Å². The first kappa shape index (κ1) is 17.8. The van der Waals surface area contributed by atoms with E-state index in [0.717, 1.165) is 33.6 Å². The van der Waals surface area contributed by atoms with Crippen molar-refractivity contribution in [2.45, 2.75) is 13.3 Å². The van der Waals surface area contributed by atoms with Crippen molar-refractivity contribution in [3.8, 4) is 21.8 Å². The Hall–Kier alpha value is -1.98. The second-order valence-electron chi connectivity index (χ2n) is 5.78. The van der Waals surface area contributed by atoms with Crippen LogP contribution in [-0.2, 0) is 0 Å². The third kappa shape index (κ3) is 4.55. The zero-order valence-corrected chi connectivity index (χ0v) is 16.4.